The zero-order valence-electron chi connectivity index (χ0n) is 16.0. The zero-order valence-corrected chi connectivity index (χ0v) is 16.8. The molecule has 27 heavy (non-hydrogen) atoms. The first kappa shape index (κ1) is 19.9. The van der Waals surface area contributed by atoms with Crippen LogP contribution in [-0.2, 0) is 19.6 Å². The van der Waals surface area contributed by atoms with Gasteiger partial charge in [-0.05, 0) is 46.5 Å². The minimum atomic E-state index is -3.92. The average molecular weight is 397 g/mol. The Bertz CT molecular complexity index is 841. The number of aromatic amines is 1. The Morgan fingerprint density at radius 3 is 2.56 bits per heavy atom. The summed E-state index contributed by atoms with van der Waals surface area (Å²) >= 11 is 0. The number of piperidine rings is 1. The van der Waals surface area contributed by atoms with E-state index in [4.69, 9.17) is 4.74 Å². The van der Waals surface area contributed by atoms with Crippen LogP contribution in [0.2, 0.25) is 0 Å². The van der Waals surface area contributed by atoms with Crippen LogP contribution >= 0.6 is 0 Å². The Labute approximate surface area is 159 Å². The standard InChI is InChI=1S/C18H27N3O5S/c1-4-26-18(23)15-11(2)19-12(3)16(15)27(24,25)21-9-5-6-13(10-21)17(22)20-14-7-8-14/h13-14,19H,4-10H2,1-3H3,(H,20,22)/t13-/m1/s1. The van der Waals surface area contributed by atoms with Gasteiger partial charge in [-0.1, -0.05) is 0 Å². The molecule has 8 nitrogen and oxygen atoms in total. The number of H-pyrrole nitrogens is 1. The number of aromatic nitrogens is 1. The SMILES string of the molecule is CCOC(=O)c1c(C)[nH]c(C)c1S(=O)(=O)N1CCC[C@@H](C(=O)NC2CC2)C1. The van der Waals surface area contributed by atoms with Crippen molar-refractivity contribution >= 4 is 21.9 Å². The Balaban J connectivity index is 1.87. The molecule has 2 N–H and O–H groups in total. The Morgan fingerprint density at radius 2 is 1.93 bits per heavy atom. The Hall–Kier alpha value is -1.87. The molecule has 3 rings (SSSR count). The highest BCUT2D eigenvalue weighted by Crippen LogP contribution is 2.31. The van der Waals surface area contributed by atoms with Gasteiger partial charge < -0.3 is 15.0 Å². The number of sulfonamides is 1. The fourth-order valence-electron chi connectivity index (χ4n) is 3.58. The topological polar surface area (TPSA) is 109 Å². The lowest BCUT2D eigenvalue weighted by Gasteiger charge is -2.31. The molecule has 0 unspecified atom stereocenters. The summed E-state index contributed by atoms with van der Waals surface area (Å²) < 4.78 is 33.0. The Morgan fingerprint density at radius 1 is 1.22 bits per heavy atom. The molecule has 2 heterocycles. The van der Waals surface area contributed by atoms with Gasteiger partial charge in [-0.15, -0.1) is 0 Å². The molecule has 1 aromatic heterocycles. The van der Waals surface area contributed by atoms with E-state index in [1.54, 1.807) is 20.8 Å². The number of amides is 1. The maximum Gasteiger partial charge on any atom is 0.341 e. The number of aryl methyl sites for hydroxylation is 2. The third-order valence-electron chi connectivity index (χ3n) is 5.07. The highest BCUT2D eigenvalue weighted by molar-refractivity contribution is 7.89. The quantitative estimate of drug-likeness (QED) is 0.707. The second-order valence-corrected chi connectivity index (χ2v) is 9.16. The third kappa shape index (κ3) is 4.03. The minimum absolute atomic E-state index is 0.0401. The first-order chi connectivity index (χ1) is 12.8. The number of hydrogen-bond acceptors (Lipinski definition) is 5. The molecule has 0 aromatic carbocycles. The van der Waals surface area contributed by atoms with E-state index in [0.29, 0.717) is 30.8 Å². The molecule has 0 bridgehead atoms. The van der Waals surface area contributed by atoms with Crippen molar-refractivity contribution in [2.45, 2.75) is 57.4 Å². The summed E-state index contributed by atoms with van der Waals surface area (Å²) in [4.78, 5) is 27.6. The van der Waals surface area contributed by atoms with E-state index >= 15 is 0 Å². The van der Waals surface area contributed by atoms with Gasteiger partial charge in [0.05, 0.1) is 12.5 Å². The van der Waals surface area contributed by atoms with Gasteiger partial charge >= 0.3 is 5.97 Å². The molecule has 1 saturated carbocycles. The molecule has 1 saturated heterocycles. The number of carbonyl (C=O) groups excluding carboxylic acids is 2. The average Bonchev–Trinajstić information content (AvgIpc) is 3.37. The summed E-state index contributed by atoms with van der Waals surface area (Å²) in [5.41, 5.74) is 0.920. The summed E-state index contributed by atoms with van der Waals surface area (Å²) in [5, 5.41) is 2.96. The van der Waals surface area contributed by atoms with E-state index in [1.807, 2.05) is 0 Å². The minimum Gasteiger partial charge on any atom is -0.462 e. The van der Waals surface area contributed by atoms with Crippen LogP contribution in [0.3, 0.4) is 0 Å². The summed E-state index contributed by atoms with van der Waals surface area (Å²) in [6.45, 7) is 5.59. The molecule has 1 aliphatic heterocycles. The monoisotopic (exact) mass is 397 g/mol. The molecule has 150 valence electrons. The number of ether oxygens (including phenoxy) is 1. The Kier molecular flexibility index (Phi) is 5.62. The van der Waals surface area contributed by atoms with Gasteiger partial charge in [0.1, 0.15) is 10.5 Å². The van der Waals surface area contributed by atoms with Gasteiger partial charge in [0.2, 0.25) is 15.9 Å². The van der Waals surface area contributed by atoms with Crippen LogP contribution in [0.1, 0.15) is 54.4 Å². The van der Waals surface area contributed by atoms with Gasteiger partial charge in [0, 0.05) is 30.5 Å². The van der Waals surface area contributed by atoms with Crippen molar-refractivity contribution in [1.29, 1.82) is 0 Å². The number of nitrogens with one attached hydrogen (secondary N) is 2. The van der Waals surface area contributed by atoms with E-state index in [-0.39, 0.29) is 41.5 Å². The highest BCUT2D eigenvalue weighted by atomic mass is 32.2. The number of carbonyl (C=O) groups is 2. The van der Waals surface area contributed by atoms with Crippen molar-refractivity contribution in [3.05, 3.63) is 17.0 Å². The molecule has 0 radical (unpaired) electrons. The van der Waals surface area contributed by atoms with Crippen LogP contribution in [0.15, 0.2) is 4.90 Å². The maximum atomic E-state index is 13.3. The smallest absolute Gasteiger partial charge is 0.341 e. The van der Waals surface area contributed by atoms with Crippen molar-refractivity contribution in [2.24, 2.45) is 5.92 Å². The summed E-state index contributed by atoms with van der Waals surface area (Å²) in [6, 6.07) is 0.245. The number of rotatable bonds is 6. The maximum absolute atomic E-state index is 13.3. The number of nitrogens with zero attached hydrogens (tertiary/aromatic N) is 1. The first-order valence-electron chi connectivity index (χ1n) is 9.42. The molecular formula is C18H27N3O5S. The van der Waals surface area contributed by atoms with Crippen molar-refractivity contribution < 1.29 is 22.7 Å². The van der Waals surface area contributed by atoms with E-state index in [9.17, 15) is 18.0 Å². The van der Waals surface area contributed by atoms with Crippen LogP contribution in [0.5, 0.6) is 0 Å². The van der Waals surface area contributed by atoms with E-state index in [0.717, 1.165) is 12.8 Å². The normalized spacial score (nSPS) is 21.1. The number of esters is 1. The molecule has 1 aromatic rings. The van der Waals surface area contributed by atoms with Crippen LogP contribution in [-0.4, -0.2) is 55.3 Å². The fraction of sp³-hybridized carbons (Fsp3) is 0.667. The lowest BCUT2D eigenvalue weighted by atomic mass is 9.99. The molecular weight excluding hydrogens is 370 g/mol. The second kappa shape index (κ2) is 7.63. The molecule has 2 fully saturated rings. The van der Waals surface area contributed by atoms with Crippen molar-refractivity contribution in [2.75, 3.05) is 19.7 Å². The molecule has 0 spiro atoms. The molecule has 2 aliphatic rings. The van der Waals surface area contributed by atoms with Crippen LogP contribution in [0, 0.1) is 19.8 Å². The van der Waals surface area contributed by atoms with Crippen LogP contribution in [0.25, 0.3) is 0 Å². The van der Waals surface area contributed by atoms with Gasteiger partial charge in [0.15, 0.2) is 0 Å². The molecule has 1 atom stereocenters. The molecule has 1 aliphatic carbocycles. The van der Waals surface area contributed by atoms with Crippen LogP contribution < -0.4 is 5.32 Å². The summed E-state index contributed by atoms with van der Waals surface area (Å²) in [6.07, 6.45) is 3.26. The van der Waals surface area contributed by atoms with Crippen molar-refractivity contribution in [1.82, 2.24) is 14.6 Å². The van der Waals surface area contributed by atoms with Gasteiger partial charge in [-0.25, -0.2) is 13.2 Å². The largest absolute Gasteiger partial charge is 0.462 e. The molecule has 1 amide bonds. The van der Waals surface area contributed by atoms with E-state index < -0.39 is 16.0 Å². The summed E-state index contributed by atoms with van der Waals surface area (Å²) in [5.74, 6) is -1.09. The van der Waals surface area contributed by atoms with Crippen molar-refractivity contribution in [3.8, 4) is 0 Å². The second-order valence-electron chi connectivity index (χ2n) is 7.28. The number of hydrogen-bond donors (Lipinski definition) is 2. The lowest BCUT2D eigenvalue weighted by molar-refractivity contribution is -0.126. The van der Waals surface area contributed by atoms with Crippen molar-refractivity contribution in [3.63, 3.8) is 0 Å². The van der Waals surface area contributed by atoms with E-state index in [1.165, 1.54) is 4.31 Å². The lowest BCUT2D eigenvalue weighted by Crippen LogP contribution is -2.46. The van der Waals surface area contributed by atoms with Crippen LogP contribution in [0.4, 0.5) is 0 Å². The third-order valence-corrected chi connectivity index (χ3v) is 7.11. The first-order valence-corrected chi connectivity index (χ1v) is 10.9. The van der Waals surface area contributed by atoms with E-state index in [2.05, 4.69) is 10.3 Å². The van der Waals surface area contributed by atoms with Gasteiger partial charge in [-0.3, -0.25) is 4.79 Å². The predicted molar refractivity (Wildman–Crippen MR) is 98.9 cm³/mol. The summed E-state index contributed by atoms with van der Waals surface area (Å²) in [7, 11) is -3.92. The van der Waals surface area contributed by atoms with Gasteiger partial charge in [-0.2, -0.15) is 4.31 Å². The highest BCUT2D eigenvalue weighted by Gasteiger charge is 2.39. The predicted octanol–water partition coefficient (Wildman–Crippen LogP) is 1.49. The fourth-order valence-corrected chi connectivity index (χ4v) is 5.52. The zero-order chi connectivity index (χ0) is 19.8. The van der Waals surface area contributed by atoms with Gasteiger partial charge in [0.25, 0.3) is 0 Å². The molecule has 9 heteroatoms.